The van der Waals surface area contributed by atoms with Gasteiger partial charge in [0.25, 0.3) is 0 Å². The number of rotatable bonds is 5. The van der Waals surface area contributed by atoms with E-state index in [0.717, 1.165) is 39.9 Å². The quantitative estimate of drug-likeness (QED) is 0.565. The summed E-state index contributed by atoms with van der Waals surface area (Å²) in [7, 11) is 1.62. The molecule has 144 valence electrons. The molecular weight excluding hydrogens is 354 g/mol. The lowest BCUT2D eigenvalue weighted by Gasteiger charge is -2.36. The van der Waals surface area contributed by atoms with Crippen LogP contribution in [0.15, 0.2) is 55.3 Å². The highest BCUT2D eigenvalue weighted by Gasteiger charge is 2.35. The average molecular weight is 377 g/mol. The number of nitrogens with zero attached hydrogens (tertiary/aromatic N) is 1. The van der Waals surface area contributed by atoms with E-state index in [-0.39, 0.29) is 6.61 Å². The molecule has 0 saturated heterocycles. The minimum absolute atomic E-state index is 0.0873. The summed E-state index contributed by atoms with van der Waals surface area (Å²) in [4.78, 5) is 26.0. The Hall–Kier alpha value is -3.34. The van der Waals surface area contributed by atoms with Crippen molar-refractivity contribution in [3.8, 4) is 5.75 Å². The summed E-state index contributed by atoms with van der Waals surface area (Å²) in [6, 6.07) is 11.0. The molecule has 1 aliphatic rings. The van der Waals surface area contributed by atoms with Gasteiger partial charge in [0.1, 0.15) is 12.4 Å². The van der Waals surface area contributed by atoms with Crippen molar-refractivity contribution in [3.05, 3.63) is 83.1 Å². The van der Waals surface area contributed by atoms with Gasteiger partial charge in [-0.1, -0.05) is 43.0 Å². The van der Waals surface area contributed by atoms with Crippen LogP contribution in [0.5, 0.6) is 5.75 Å². The van der Waals surface area contributed by atoms with E-state index in [1.54, 1.807) is 13.3 Å². The molecule has 5 heteroatoms. The van der Waals surface area contributed by atoms with Crippen LogP contribution in [0.2, 0.25) is 0 Å². The van der Waals surface area contributed by atoms with Crippen LogP contribution in [0.1, 0.15) is 33.9 Å². The minimum atomic E-state index is -0.541. The number of benzene rings is 2. The van der Waals surface area contributed by atoms with Crippen LogP contribution >= 0.6 is 0 Å². The lowest BCUT2D eigenvalue weighted by molar-refractivity contribution is -0.103. The number of carbonyl (C=O) groups is 2. The second-order valence-corrected chi connectivity index (χ2v) is 6.59. The summed E-state index contributed by atoms with van der Waals surface area (Å²) in [5.41, 5.74) is 5.00. The van der Waals surface area contributed by atoms with Crippen LogP contribution < -0.4 is 4.74 Å². The lowest BCUT2D eigenvalue weighted by atomic mass is 9.84. The fraction of sp³-hybridized carbons (Fsp3) is 0.217. The van der Waals surface area contributed by atoms with E-state index in [0.29, 0.717) is 5.57 Å². The highest BCUT2D eigenvalue weighted by Crippen LogP contribution is 2.42. The fourth-order valence-corrected chi connectivity index (χ4v) is 3.68. The molecule has 0 bridgehead atoms. The zero-order chi connectivity index (χ0) is 20.3. The SMILES string of the molecule is C=CCOC(=O)N1C=C(C=O)c2ccccc2C1c1c(C)ccc(OC)c1C. The first kappa shape index (κ1) is 19.4. The molecule has 1 aliphatic heterocycles. The average Bonchev–Trinajstić information content (AvgIpc) is 2.72. The molecule has 1 atom stereocenters. The zero-order valence-corrected chi connectivity index (χ0v) is 16.3. The van der Waals surface area contributed by atoms with Crippen molar-refractivity contribution >= 4 is 18.0 Å². The fourth-order valence-electron chi connectivity index (χ4n) is 3.68. The first-order chi connectivity index (χ1) is 13.5. The monoisotopic (exact) mass is 377 g/mol. The molecule has 0 spiro atoms. The number of methoxy groups -OCH3 is 1. The second kappa shape index (κ2) is 8.13. The highest BCUT2D eigenvalue weighted by molar-refractivity contribution is 6.08. The molecule has 0 fully saturated rings. The van der Waals surface area contributed by atoms with E-state index >= 15 is 0 Å². The highest BCUT2D eigenvalue weighted by atomic mass is 16.6. The minimum Gasteiger partial charge on any atom is -0.496 e. The first-order valence-corrected chi connectivity index (χ1v) is 8.99. The molecule has 0 N–H and O–H groups in total. The van der Waals surface area contributed by atoms with Crippen LogP contribution in [0, 0.1) is 13.8 Å². The Morgan fingerprint density at radius 2 is 1.96 bits per heavy atom. The maximum atomic E-state index is 12.9. The maximum Gasteiger partial charge on any atom is 0.414 e. The number of aldehydes is 1. The van der Waals surface area contributed by atoms with Crippen LogP contribution in [0.4, 0.5) is 4.79 Å². The van der Waals surface area contributed by atoms with Crippen molar-refractivity contribution in [1.82, 2.24) is 4.90 Å². The van der Waals surface area contributed by atoms with Crippen molar-refractivity contribution in [3.63, 3.8) is 0 Å². The Morgan fingerprint density at radius 1 is 1.21 bits per heavy atom. The topological polar surface area (TPSA) is 55.8 Å². The van der Waals surface area contributed by atoms with E-state index in [2.05, 4.69) is 6.58 Å². The molecule has 2 aromatic rings. The summed E-state index contributed by atoms with van der Waals surface area (Å²) in [5, 5.41) is 0. The van der Waals surface area contributed by atoms with Gasteiger partial charge in [0.05, 0.1) is 13.2 Å². The van der Waals surface area contributed by atoms with Crippen molar-refractivity contribution in [2.45, 2.75) is 19.9 Å². The van der Waals surface area contributed by atoms with E-state index in [1.165, 1.54) is 11.0 Å². The van der Waals surface area contributed by atoms with Gasteiger partial charge in [0.15, 0.2) is 6.29 Å². The second-order valence-electron chi connectivity index (χ2n) is 6.59. The van der Waals surface area contributed by atoms with Crippen molar-refractivity contribution in [1.29, 1.82) is 0 Å². The number of hydrogen-bond donors (Lipinski definition) is 0. The number of hydrogen-bond acceptors (Lipinski definition) is 4. The van der Waals surface area contributed by atoms with Crippen LogP contribution in [0.3, 0.4) is 0 Å². The van der Waals surface area contributed by atoms with Gasteiger partial charge in [-0.25, -0.2) is 4.79 Å². The molecule has 1 unspecified atom stereocenters. The summed E-state index contributed by atoms with van der Waals surface area (Å²) >= 11 is 0. The molecule has 0 radical (unpaired) electrons. The van der Waals surface area contributed by atoms with E-state index in [9.17, 15) is 9.59 Å². The van der Waals surface area contributed by atoms with Crippen molar-refractivity contribution in [2.75, 3.05) is 13.7 Å². The van der Waals surface area contributed by atoms with Gasteiger partial charge >= 0.3 is 6.09 Å². The van der Waals surface area contributed by atoms with Crippen LogP contribution in [-0.4, -0.2) is 31.0 Å². The van der Waals surface area contributed by atoms with Gasteiger partial charge in [0, 0.05) is 11.8 Å². The van der Waals surface area contributed by atoms with Gasteiger partial charge in [-0.3, -0.25) is 9.69 Å². The van der Waals surface area contributed by atoms with E-state index in [4.69, 9.17) is 9.47 Å². The molecule has 1 amide bonds. The molecule has 0 saturated carbocycles. The van der Waals surface area contributed by atoms with Gasteiger partial charge in [-0.2, -0.15) is 0 Å². The largest absolute Gasteiger partial charge is 0.496 e. The normalized spacial score (nSPS) is 15.3. The van der Waals surface area contributed by atoms with Gasteiger partial charge in [-0.05, 0) is 47.7 Å². The van der Waals surface area contributed by atoms with Crippen LogP contribution in [0.25, 0.3) is 5.57 Å². The third kappa shape index (κ3) is 3.31. The number of amides is 1. The standard InChI is InChI=1S/C23H23NO4/c1-5-12-28-23(26)24-13-17(14-25)18-8-6-7-9-19(18)22(24)21-15(2)10-11-20(27-4)16(21)3/h5-11,13-14,22H,1,12H2,2-4H3. The summed E-state index contributed by atoms with van der Waals surface area (Å²) in [5.74, 6) is 0.739. The van der Waals surface area contributed by atoms with Crippen molar-refractivity contribution < 1.29 is 19.1 Å². The molecule has 2 aromatic carbocycles. The predicted octanol–water partition coefficient (Wildman–Crippen LogP) is 4.58. The predicted molar refractivity (Wildman–Crippen MR) is 108 cm³/mol. The number of fused-ring (bicyclic) bond motifs is 1. The molecule has 1 heterocycles. The number of carbonyl (C=O) groups excluding carboxylic acids is 2. The molecular formula is C23H23NO4. The Kier molecular flexibility index (Phi) is 5.64. The Morgan fingerprint density at radius 3 is 2.64 bits per heavy atom. The Labute approximate surface area is 164 Å². The molecule has 3 rings (SSSR count). The van der Waals surface area contributed by atoms with Gasteiger partial charge in [0.2, 0.25) is 0 Å². The first-order valence-electron chi connectivity index (χ1n) is 8.99. The van der Waals surface area contributed by atoms with Crippen molar-refractivity contribution in [2.24, 2.45) is 0 Å². The summed E-state index contributed by atoms with van der Waals surface area (Å²) in [6.45, 7) is 7.64. The van der Waals surface area contributed by atoms with E-state index in [1.807, 2.05) is 50.2 Å². The number of ether oxygens (including phenoxy) is 2. The Bertz CT molecular complexity index is 961. The van der Waals surface area contributed by atoms with E-state index < -0.39 is 12.1 Å². The smallest absolute Gasteiger partial charge is 0.414 e. The molecule has 0 aliphatic carbocycles. The van der Waals surface area contributed by atoms with Crippen LogP contribution in [-0.2, 0) is 9.53 Å². The summed E-state index contributed by atoms with van der Waals surface area (Å²) < 4.78 is 10.8. The summed E-state index contributed by atoms with van der Waals surface area (Å²) in [6.07, 6.45) is 3.29. The van der Waals surface area contributed by atoms with Gasteiger partial charge < -0.3 is 9.47 Å². The molecule has 28 heavy (non-hydrogen) atoms. The maximum absolute atomic E-state index is 12.9. The lowest BCUT2D eigenvalue weighted by Crippen LogP contribution is -2.35. The van der Waals surface area contributed by atoms with Gasteiger partial charge in [-0.15, -0.1) is 0 Å². The number of allylic oxidation sites excluding steroid dienone is 1. The molecule has 0 aromatic heterocycles. The Balaban J connectivity index is 2.26. The molecule has 5 nitrogen and oxygen atoms in total. The number of aryl methyl sites for hydroxylation is 1. The third-order valence-electron chi connectivity index (χ3n) is 4.96. The third-order valence-corrected chi connectivity index (χ3v) is 4.96. The zero-order valence-electron chi connectivity index (χ0n) is 16.3.